The van der Waals surface area contributed by atoms with Crippen LogP contribution in [0.1, 0.15) is 37.3 Å². The number of ether oxygens (including phenoxy) is 1. The van der Waals surface area contributed by atoms with Crippen molar-refractivity contribution in [3.63, 3.8) is 0 Å². The molecule has 120 valence electrons. The van der Waals surface area contributed by atoms with Crippen molar-refractivity contribution in [2.24, 2.45) is 5.73 Å². The number of nitrogens with zero attached hydrogens (tertiary/aromatic N) is 1. The second kappa shape index (κ2) is 7.79. The Balaban J connectivity index is 1.85. The fraction of sp³-hybridized carbons (Fsp3) is 0.500. The number of carbonyl (C=O) groups is 2. The van der Waals surface area contributed by atoms with E-state index in [2.05, 4.69) is 22.3 Å². The van der Waals surface area contributed by atoms with E-state index >= 15 is 0 Å². The molecule has 1 aromatic carbocycles. The first-order chi connectivity index (χ1) is 10.6. The van der Waals surface area contributed by atoms with E-state index < -0.39 is 6.03 Å². The highest BCUT2D eigenvalue weighted by atomic mass is 16.5. The van der Waals surface area contributed by atoms with Crippen LogP contribution in [-0.4, -0.2) is 37.0 Å². The first-order valence-electron chi connectivity index (χ1n) is 7.57. The van der Waals surface area contributed by atoms with Gasteiger partial charge < -0.3 is 10.5 Å². The zero-order chi connectivity index (χ0) is 15.9. The van der Waals surface area contributed by atoms with Crippen LogP contribution in [0.3, 0.4) is 0 Å². The Hall–Kier alpha value is -2.08. The summed E-state index contributed by atoms with van der Waals surface area (Å²) in [7, 11) is 1.66. The molecule has 6 nitrogen and oxygen atoms in total. The Labute approximate surface area is 130 Å². The molecule has 0 aromatic heterocycles. The summed E-state index contributed by atoms with van der Waals surface area (Å²) in [5.74, 6) is 0.545. The maximum absolute atomic E-state index is 11.4. The molecule has 1 atom stereocenters. The number of hydrogen-bond acceptors (Lipinski definition) is 4. The summed E-state index contributed by atoms with van der Waals surface area (Å²) >= 11 is 0. The Morgan fingerprint density at radius 2 is 2.09 bits per heavy atom. The van der Waals surface area contributed by atoms with Crippen molar-refractivity contribution >= 4 is 11.9 Å². The molecule has 6 heteroatoms. The van der Waals surface area contributed by atoms with Crippen molar-refractivity contribution in [2.45, 2.75) is 31.7 Å². The number of methoxy groups -OCH3 is 1. The van der Waals surface area contributed by atoms with Gasteiger partial charge in [-0.1, -0.05) is 12.1 Å². The van der Waals surface area contributed by atoms with Crippen molar-refractivity contribution in [3.8, 4) is 5.75 Å². The third-order valence-electron chi connectivity index (χ3n) is 3.98. The van der Waals surface area contributed by atoms with Crippen molar-refractivity contribution in [3.05, 3.63) is 29.8 Å². The minimum absolute atomic E-state index is 0.312. The largest absolute Gasteiger partial charge is 0.497 e. The molecule has 1 aliphatic heterocycles. The summed E-state index contributed by atoms with van der Waals surface area (Å²) in [5.41, 5.74) is 6.20. The molecule has 0 unspecified atom stereocenters. The number of nitrogens with one attached hydrogen (secondary N) is 1. The molecule has 1 aliphatic rings. The Kier molecular flexibility index (Phi) is 5.77. The normalized spacial score (nSPS) is 18.1. The third kappa shape index (κ3) is 4.46. The van der Waals surface area contributed by atoms with Gasteiger partial charge in [0, 0.05) is 12.5 Å². The van der Waals surface area contributed by atoms with Gasteiger partial charge in [0.05, 0.1) is 7.11 Å². The standard InChI is InChI=1S/C16H23N3O3/c1-22-13-8-6-12(7-9-13)14-4-2-10-19(14)11-3-5-15(20)18-16(17)21/h6-9,14H,2-5,10-11H2,1H3,(H3,17,18,20,21)/t14-/m0/s1. The second-order valence-electron chi connectivity index (χ2n) is 5.48. The predicted molar refractivity (Wildman–Crippen MR) is 83.5 cm³/mol. The molecular formula is C16H23N3O3. The van der Waals surface area contributed by atoms with E-state index in [1.54, 1.807) is 7.11 Å². The highest BCUT2D eigenvalue weighted by Gasteiger charge is 2.25. The van der Waals surface area contributed by atoms with E-state index in [1.807, 2.05) is 12.1 Å². The SMILES string of the molecule is COc1ccc([C@@H]2CCCN2CCCC(=O)NC(N)=O)cc1. The molecule has 0 radical (unpaired) electrons. The van der Waals surface area contributed by atoms with Gasteiger partial charge in [0.15, 0.2) is 0 Å². The molecule has 3 N–H and O–H groups in total. The minimum atomic E-state index is -0.790. The lowest BCUT2D eigenvalue weighted by Gasteiger charge is -2.24. The number of likely N-dealkylation sites (tertiary alicyclic amines) is 1. The third-order valence-corrected chi connectivity index (χ3v) is 3.98. The minimum Gasteiger partial charge on any atom is -0.497 e. The quantitative estimate of drug-likeness (QED) is 0.839. The van der Waals surface area contributed by atoms with E-state index in [4.69, 9.17) is 10.5 Å². The number of urea groups is 1. The lowest BCUT2D eigenvalue weighted by atomic mass is 10.0. The number of carbonyl (C=O) groups excluding carboxylic acids is 2. The van der Waals surface area contributed by atoms with Crippen LogP contribution in [0.2, 0.25) is 0 Å². The number of benzene rings is 1. The molecule has 22 heavy (non-hydrogen) atoms. The summed E-state index contributed by atoms with van der Waals surface area (Å²) in [6.45, 7) is 1.87. The van der Waals surface area contributed by atoms with Crippen molar-refractivity contribution in [1.82, 2.24) is 10.2 Å². The molecular weight excluding hydrogens is 282 g/mol. The molecule has 0 bridgehead atoms. The zero-order valence-electron chi connectivity index (χ0n) is 12.9. The molecule has 3 amide bonds. The number of nitrogens with two attached hydrogens (primary N) is 1. The Bertz CT molecular complexity index is 516. The highest BCUT2D eigenvalue weighted by Crippen LogP contribution is 2.32. The molecule has 0 aliphatic carbocycles. The van der Waals surface area contributed by atoms with Crippen LogP contribution in [-0.2, 0) is 4.79 Å². The van der Waals surface area contributed by atoms with Crippen molar-refractivity contribution < 1.29 is 14.3 Å². The summed E-state index contributed by atoms with van der Waals surface area (Å²) in [5, 5.41) is 2.09. The molecule has 1 heterocycles. The number of primary amides is 1. The maximum atomic E-state index is 11.4. The Morgan fingerprint density at radius 3 is 2.73 bits per heavy atom. The fourth-order valence-corrected chi connectivity index (χ4v) is 2.94. The number of rotatable bonds is 6. The van der Waals surface area contributed by atoms with Gasteiger partial charge in [-0.2, -0.15) is 0 Å². The molecule has 0 saturated carbocycles. The average Bonchev–Trinajstić information content (AvgIpc) is 2.95. The average molecular weight is 305 g/mol. The predicted octanol–water partition coefficient (Wildman–Crippen LogP) is 1.81. The van der Waals surface area contributed by atoms with Crippen LogP contribution < -0.4 is 15.8 Å². The Morgan fingerprint density at radius 1 is 1.36 bits per heavy atom. The van der Waals surface area contributed by atoms with Gasteiger partial charge in [-0.05, 0) is 50.0 Å². The lowest BCUT2D eigenvalue weighted by Crippen LogP contribution is -2.35. The van der Waals surface area contributed by atoms with Gasteiger partial charge in [-0.25, -0.2) is 4.79 Å². The summed E-state index contributed by atoms with van der Waals surface area (Å²) in [4.78, 5) is 24.4. The van der Waals surface area contributed by atoms with E-state index in [0.717, 1.165) is 31.7 Å². The number of amides is 3. The van der Waals surface area contributed by atoms with Gasteiger partial charge in [-0.15, -0.1) is 0 Å². The van der Waals surface area contributed by atoms with Crippen LogP contribution in [0, 0.1) is 0 Å². The second-order valence-corrected chi connectivity index (χ2v) is 5.48. The van der Waals surface area contributed by atoms with Gasteiger partial charge in [-0.3, -0.25) is 15.0 Å². The van der Waals surface area contributed by atoms with Crippen molar-refractivity contribution in [2.75, 3.05) is 20.2 Å². The monoisotopic (exact) mass is 305 g/mol. The van der Waals surface area contributed by atoms with Crippen LogP contribution >= 0.6 is 0 Å². The number of imide groups is 1. The highest BCUT2D eigenvalue weighted by molar-refractivity contribution is 5.93. The summed E-state index contributed by atoms with van der Waals surface area (Å²) in [6, 6.07) is 7.76. The molecule has 1 saturated heterocycles. The fourth-order valence-electron chi connectivity index (χ4n) is 2.94. The first-order valence-corrected chi connectivity index (χ1v) is 7.57. The van der Waals surface area contributed by atoms with E-state index in [1.165, 1.54) is 5.56 Å². The molecule has 2 rings (SSSR count). The summed E-state index contributed by atoms with van der Waals surface area (Å²) < 4.78 is 5.19. The topological polar surface area (TPSA) is 84.7 Å². The van der Waals surface area contributed by atoms with Gasteiger partial charge in [0.25, 0.3) is 0 Å². The number of hydrogen-bond donors (Lipinski definition) is 2. The van der Waals surface area contributed by atoms with E-state index in [0.29, 0.717) is 18.9 Å². The van der Waals surface area contributed by atoms with E-state index in [-0.39, 0.29) is 5.91 Å². The maximum Gasteiger partial charge on any atom is 0.318 e. The van der Waals surface area contributed by atoms with Gasteiger partial charge >= 0.3 is 6.03 Å². The molecule has 1 fully saturated rings. The smallest absolute Gasteiger partial charge is 0.318 e. The van der Waals surface area contributed by atoms with Crippen LogP contribution in [0.4, 0.5) is 4.79 Å². The van der Waals surface area contributed by atoms with Crippen LogP contribution in [0.25, 0.3) is 0 Å². The van der Waals surface area contributed by atoms with E-state index in [9.17, 15) is 9.59 Å². The first kappa shape index (κ1) is 16.3. The van der Waals surface area contributed by atoms with Crippen LogP contribution in [0.15, 0.2) is 24.3 Å². The summed E-state index contributed by atoms with van der Waals surface area (Å²) in [6.07, 6.45) is 3.31. The lowest BCUT2D eigenvalue weighted by molar-refractivity contribution is -0.120. The zero-order valence-corrected chi connectivity index (χ0v) is 12.9. The van der Waals surface area contributed by atoms with Crippen molar-refractivity contribution in [1.29, 1.82) is 0 Å². The van der Waals surface area contributed by atoms with Gasteiger partial charge in [0.2, 0.25) is 5.91 Å². The van der Waals surface area contributed by atoms with Gasteiger partial charge in [0.1, 0.15) is 5.75 Å². The molecule has 0 spiro atoms. The van der Waals surface area contributed by atoms with Crippen LogP contribution in [0.5, 0.6) is 5.75 Å². The molecule has 1 aromatic rings.